The molecule has 112 valence electrons. The summed E-state index contributed by atoms with van der Waals surface area (Å²) in [6.07, 6.45) is -0.260. The number of hydrogen-bond donors (Lipinski definition) is 3. The van der Waals surface area contributed by atoms with E-state index in [4.69, 9.17) is 9.47 Å². The fraction of sp³-hybridized carbons (Fsp3) is 0.571. The molecule has 0 spiro atoms. The molecule has 20 heavy (non-hydrogen) atoms. The van der Waals surface area contributed by atoms with Gasteiger partial charge in [0.25, 0.3) is 0 Å². The Labute approximate surface area is 127 Å². The van der Waals surface area contributed by atoms with Gasteiger partial charge in [-0.2, -0.15) is 0 Å². The Morgan fingerprint density at radius 2 is 2.15 bits per heavy atom. The number of methoxy groups -OCH3 is 2. The lowest BCUT2D eigenvalue weighted by molar-refractivity contribution is 0.146. The average Bonchev–Trinajstić information content (AvgIpc) is 2.85. The highest BCUT2D eigenvalue weighted by Crippen LogP contribution is 2.32. The summed E-state index contributed by atoms with van der Waals surface area (Å²) in [5.74, 6) is 1.81. The zero-order chi connectivity index (χ0) is 14.5. The molecule has 1 aromatic rings. The van der Waals surface area contributed by atoms with Crippen molar-refractivity contribution < 1.29 is 14.6 Å². The van der Waals surface area contributed by atoms with Crippen molar-refractivity contribution in [1.82, 2.24) is 10.6 Å². The third-order valence-electron chi connectivity index (χ3n) is 3.60. The van der Waals surface area contributed by atoms with Crippen molar-refractivity contribution in [2.24, 2.45) is 5.92 Å². The number of hydrogen-bond acceptors (Lipinski definition) is 5. The molecule has 0 radical (unpaired) electrons. The van der Waals surface area contributed by atoms with Crippen molar-refractivity contribution in [3.63, 3.8) is 0 Å². The standard InChI is InChI=1S/C14H21BrN2O3/c1-19-10-3-12(15)11(14(4-10)20-2)7-16-5-9-6-17-8-13(9)18/h3-4,9,13,16-18H,5-8H2,1-2H3. The van der Waals surface area contributed by atoms with Crippen LogP contribution < -0.4 is 20.1 Å². The molecule has 5 nitrogen and oxygen atoms in total. The van der Waals surface area contributed by atoms with E-state index in [1.807, 2.05) is 12.1 Å². The minimum atomic E-state index is -0.260. The van der Waals surface area contributed by atoms with Gasteiger partial charge in [-0.15, -0.1) is 0 Å². The van der Waals surface area contributed by atoms with Gasteiger partial charge in [0.05, 0.1) is 20.3 Å². The van der Waals surface area contributed by atoms with Crippen molar-refractivity contribution in [3.05, 3.63) is 22.2 Å². The largest absolute Gasteiger partial charge is 0.497 e. The number of ether oxygens (including phenoxy) is 2. The molecule has 2 atom stereocenters. The molecule has 0 aromatic heterocycles. The van der Waals surface area contributed by atoms with Crippen LogP contribution in [0.2, 0.25) is 0 Å². The highest BCUT2D eigenvalue weighted by molar-refractivity contribution is 9.10. The van der Waals surface area contributed by atoms with E-state index in [2.05, 4.69) is 26.6 Å². The first kappa shape index (κ1) is 15.6. The van der Waals surface area contributed by atoms with Gasteiger partial charge in [-0.3, -0.25) is 0 Å². The fourth-order valence-corrected chi connectivity index (χ4v) is 2.93. The molecule has 6 heteroatoms. The van der Waals surface area contributed by atoms with Crippen LogP contribution in [-0.4, -0.2) is 45.1 Å². The summed E-state index contributed by atoms with van der Waals surface area (Å²) in [4.78, 5) is 0. The van der Waals surface area contributed by atoms with Crippen molar-refractivity contribution in [2.45, 2.75) is 12.6 Å². The van der Waals surface area contributed by atoms with E-state index in [0.717, 1.165) is 34.6 Å². The molecule has 0 bridgehead atoms. The summed E-state index contributed by atoms with van der Waals surface area (Å²) in [7, 11) is 3.28. The molecular formula is C14H21BrN2O3. The molecule has 1 aliphatic heterocycles. The predicted octanol–water partition coefficient (Wildman–Crippen LogP) is 1.14. The number of aliphatic hydroxyl groups is 1. The summed E-state index contributed by atoms with van der Waals surface area (Å²) in [6.45, 7) is 2.99. The van der Waals surface area contributed by atoms with Crippen molar-refractivity contribution in [3.8, 4) is 11.5 Å². The maximum absolute atomic E-state index is 9.76. The van der Waals surface area contributed by atoms with Gasteiger partial charge in [-0.05, 0) is 6.07 Å². The number of nitrogens with one attached hydrogen (secondary N) is 2. The first-order valence-corrected chi connectivity index (χ1v) is 7.45. The molecule has 1 saturated heterocycles. The first-order valence-electron chi connectivity index (χ1n) is 6.65. The zero-order valence-electron chi connectivity index (χ0n) is 11.8. The van der Waals surface area contributed by atoms with Gasteiger partial charge < -0.3 is 25.2 Å². The Hall–Kier alpha value is -0.820. The molecular weight excluding hydrogens is 324 g/mol. The highest BCUT2D eigenvalue weighted by Gasteiger charge is 2.24. The Balaban J connectivity index is 1.98. The smallest absolute Gasteiger partial charge is 0.128 e. The number of rotatable bonds is 6. The average molecular weight is 345 g/mol. The quantitative estimate of drug-likeness (QED) is 0.722. The summed E-state index contributed by atoms with van der Waals surface area (Å²) < 4.78 is 11.6. The summed E-state index contributed by atoms with van der Waals surface area (Å²) >= 11 is 3.54. The summed E-state index contributed by atoms with van der Waals surface area (Å²) in [5.41, 5.74) is 1.05. The van der Waals surface area contributed by atoms with Crippen molar-refractivity contribution >= 4 is 15.9 Å². The van der Waals surface area contributed by atoms with Crippen LogP contribution in [0.25, 0.3) is 0 Å². The first-order chi connectivity index (χ1) is 9.65. The second-order valence-electron chi connectivity index (χ2n) is 4.91. The van der Waals surface area contributed by atoms with E-state index in [-0.39, 0.29) is 12.0 Å². The van der Waals surface area contributed by atoms with Gasteiger partial charge in [0.1, 0.15) is 11.5 Å². The third-order valence-corrected chi connectivity index (χ3v) is 4.30. The normalized spacial score (nSPS) is 22.0. The van der Waals surface area contributed by atoms with E-state index < -0.39 is 0 Å². The monoisotopic (exact) mass is 344 g/mol. The molecule has 1 heterocycles. The Kier molecular flexibility index (Phi) is 5.65. The molecule has 0 saturated carbocycles. The summed E-state index contributed by atoms with van der Waals surface area (Å²) in [5, 5.41) is 16.3. The third kappa shape index (κ3) is 3.63. The number of benzene rings is 1. The molecule has 0 aliphatic carbocycles. The van der Waals surface area contributed by atoms with Gasteiger partial charge in [0.2, 0.25) is 0 Å². The number of β-amino-alcohol motifs (C(OH)–C–C–N with tert-alkyl or cyclic N) is 1. The minimum Gasteiger partial charge on any atom is -0.497 e. The Morgan fingerprint density at radius 1 is 1.35 bits per heavy atom. The van der Waals surface area contributed by atoms with Crippen LogP contribution in [0.1, 0.15) is 5.56 Å². The molecule has 1 aromatic carbocycles. The molecule has 2 rings (SSSR count). The van der Waals surface area contributed by atoms with E-state index >= 15 is 0 Å². The van der Waals surface area contributed by atoms with E-state index in [1.165, 1.54) is 0 Å². The minimum absolute atomic E-state index is 0.260. The van der Waals surface area contributed by atoms with E-state index in [1.54, 1.807) is 14.2 Å². The van der Waals surface area contributed by atoms with Gasteiger partial charge in [0.15, 0.2) is 0 Å². The van der Waals surface area contributed by atoms with Gasteiger partial charge in [-0.25, -0.2) is 0 Å². The van der Waals surface area contributed by atoms with Crippen LogP contribution in [0.15, 0.2) is 16.6 Å². The topological polar surface area (TPSA) is 62.8 Å². The zero-order valence-corrected chi connectivity index (χ0v) is 13.4. The highest BCUT2D eigenvalue weighted by atomic mass is 79.9. The Bertz CT molecular complexity index is 456. The fourth-order valence-electron chi connectivity index (χ4n) is 2.37. The number of halogens is 1. The summed E-state index contributed by atoms with van der Waals surface area (Å²) in [6, 6.07) is 3.79. The van der Waals surface area contributed by atoms with Gasteiger partial charge in [0, 0.05) is 48.2 Å². The van der Waals surface area contributed by atoms with E-state index in [9.17, 15) is 5.11 Å². The van der Waals surface area contributed by atoms with E-state index in [0.29, 0.717) is 13.1 Å². The lowest BCUT2D eigenvalue weighted by atomic mass is 10.1. The maximum Gasteiger partial charge on any atom is 0.128 e. The van der Waals surface area contributed by atoms with Crippen LogP contribution >= 0.6 is 15.9 Å². The molecule has 1 aliphatic rings. The van der Waals surface area contributed by atoms with Crippen LogP contribution in [0.3, 0.4) is 0 Å². The maximum atomic E-state index is 9.76. The second kappa shape index (κ2) is 7.26. The van der Waals surface area contributed by atoms with Crippen molar-refractivity contribution in [2.75, 3.05) is 33.9 Å². The van der Waals surface area contributed by atoms with Gasteiger partial charge >= 0.3 is 0 Å². The molecule has 1 fully saturated rings. The number of aliphatic hydroxyl groups excluding tert-OH is 1. The lowest BCUT2D eigenvalue weighted by Gasteiger charge is -2.16. The molecule has 3 N–H and O–H groups in total. The van der Waals surface area contributed by atoms with Crippen LogP contribution in [-0.2, 0) is 6.54 Å². The predicted molar refractivity (Wildman–Crippen MR) is 81.3 cm³/mol. The lowest BCUT2D eigenvalue weighted by Crippen LogP contribution is -2.30. The molecule has 2 unspecified atom stereocenters. The van der Waals surface area contributed by atoms with Gasteiger partial charge in [-0.1, -0.05) is 15.9 Å². The SMILES string of the molecule is COc1cc(Br)c(CNCC2CNCC2O)c(OC)c1. The molecule has 0 amide bonds. The second-order valence-corrected chi connectivity index (χ2v) is 5.76. The Morgan fingerprint density at radius 3 is 2.75 bits per heavy atom. The van der Waals surface area contributed by atoms with Crippen molar-refractivity contribution in [1.29, 1.82) is 0 Å². The van der Waals surface area contributed by atoms with Crippen LogP contribution in [0.4, 0.5) is 0 Å². The van der Waals surface area contributed by atoms with Crippen LogP contribution in [0, 0.1) is 5.92 Å². The van der Waals surface area contributed by atoms with Crippen LogP contribution in [0.5, 0.6) is 11.5 Å².